The summed E-state index contributed by atoms with van der Waals surface area (Å²) in [6, 6.07) is 0. The van der Waals surface area contributed by atoms with Crippen LogP contribution in [0.15, 0.2) is 0 Å². The molecule has 2 atom stereocenters. The van der Waals surface area contributed by atoms with E-state index in [-0.39, 0.29) is 19.6 Å². The summed E-state index contributed by atoms with van der Waals surface area (Å²) in [5.41, 5.74) is 0. The van der Waals surface area contributed by atoms with E-state index < -0.39 is 64.2 Å². The molecule has 0 aliphatic carbocycles. The number of hydrogen-bond acceptors (Lipinski definition) is 9. The van der Waals surface area contributed by atoms with Gasteiger partial charge in [-0.05, 0) is 12.8 Å². The van der Waals surface area contributed by atoms with Gasteiger partial charge in [-0.25, -0.2) is 0 Å². The second-order valence-electron chi connectivity index (χ2n) is 11.0. The molecule has 12 heteroatoms. The molecule has 0 fully saturated rings. The van der Waals surface area contributed by atoms with Crippen LogP contribution < -0.4 is 4.89 Å². The summed E-state index contributed by atoms with van der Waals surface area (Å²) in [5.74, 6) is -5.13. The first-order valence-electron chi connectivity index (χ1n) is 17.6. The molecule has 0 saturated heterocycles. The Bertz CT molecular complexity index is 997. The number of phosphoric ester groups is 1. The quantitative estimate of drug-likeness (QED) is 0.0526. The highest BCUT2D eigenvalue weighted by molar-refractivity contribution is 7.45. The number of nitrogens with zero attached hydrogens (tertiary/aromatic N) is 1. The Balaban J connectivity index is 5.03. The van der Waals surface area contributed by atoms with Crippen LogP contribution in [0.4, 0.5) is 0 Å². The van der Waals surface area contributed by atoms with Crippen molar-refractivity contribution in [2.24, 2.45) is 0 Å². The van der Waals surface area contributed by atoms with Crippen molar-refractivity contribution < 1.29 is 60.2 Å². The van der Waals surface area contributed by atoms with Crippen LogP contribution in [-0.2, 0) is 37.5 Å². The number of unbranched alkanes of at least 4 members (excludes halogenated alkanes) is 12. The lowest BCUT2D eigenvalue weighted by Gasteiger charge is -2.28. The average Bonchev–Trinajstić information content (AvgIpc) is 2.95. The second kappa shape index (κ2) is 24.0. The van der Waals surface area contributed by atoms with E-state index >= 15 is 0 Å². The first kappa shape index (κ1) is 29.5. The number of carbonyl (C=O) groups is 3. The van der Waals surface area contributed by atoms with Gasteiger partial charge in [0.15, 0.2) is 6.10 Å². The lowest BCUT2D eigenvalue weighted by Crippen LogP contribution is -2.37. The van der Waals surface area contributed by atoms with E-state index in [0.717, 1.165) is 25.7 Å². The molecule has 41 heavy (non-hydrogen) atoms. The molecule has 0 amide bonds. The molecule has 11 nitrogen and oxygen atoms in total. The molecule has 0 aromatic heterocycles. The van der Waals surface area contributed by atoms with Gasteiger partial charge < -0.3 is 33.0 Å². The van der Waals surface area contributed by atoms with E-state index in [2.05, 4.69) is 6.92 Å². The fraction of sp³-hybridized carbons (Fsp3) is 0.897. The Hall–Kier alpha value is -1.52. The minimum atomic E-state index is -4.98. The van der Waals surface area contributed by atoms with Gasteiger partial charge in [0.05, 0.1) is 27.7 Å². The van der Waals surface area contributed by atoms with Crippen LogP contribution >= 0.6 is 7.82 Å². The Labute approximate surface area is 255 Å². The highest BCUT2D eigenvalue weighted by atomic mass is 31.2. The molecule has 0 rings (SSSR count). The molecule has 0 aromatic rings. The zero-order valence-corrected chi connectivity index (χ0v) is 26.2. The molecule has 0 bridgehead atoms. The second-order valence-corrected chi connectivity index (χ2v) is 12.4. The van der Waals surface area contributed by atoms with Gasteiger partial charge in [0.25, 0.3) is 7.82 Å². The number of carbonyl (C=O) groups excluding carboxylic acids is 2. The van der Waals surface area contributed by atoms with E-state index in [1.165, 1.54) is 51.4 Å². The van der Waals surface area contributed by atoms with Gasteiger partial charge in [0.2, 0.25) is 0 Å². The maximum Gasteiger partial charge on any atom is 0.306 e. The third kappa shape index (κ3) is 28.4. The van der Waals surface area contributed by atoms with E-state index in [4.69, 9.17) is 31.9 Å². The average molecular weight is 616 g/mol. The minimum absolute atomic E-state index is 0.00961. The van der Waals surface area contributed by atoms with Gasteiger partial charge in [-0.3, -0.25) is 18.9 Å². The lowest BCUT2D eigenvalue weighted by atomic mass is 10.0. The van der Waals surface area contributed by atoms with Gasteiger partial charge >= 0.3 is 17.9 Å². The van der Waals surface area contributed by atoms with Gasteiger partial charge in [-0.1, -0.05) is 84.0 Å². The first-order chi connectivity index (χ1) is 21.6. The van der Waals surface area contributed by atoms with Gasteiger partial charge in [0.1, 0.15) is 19.8 Å². The third-order valence-electron chi connectivity index (χ3n) is 5.95. The van der Waals surface area contributed by atoms with Crippen LogP contribution in [0, 0.1) is 0 Å². The van der Waals surface area contributed by atoms with Crippen LogP contribution in [0.25, 0.3) is 0 Å². The maximum absolute atomic E-state index is 12.7. The molecule has 0 aliphatic heterocycles. The summed E-state index contributed by atoms with van der Waals surface area (Å²) >= 11 is 0. The summed E-state index contributed by atoms with van der Waals surface area (Å²) in [7, 11) is 0.401. The number of ether oxygens (including phenoxy) is 2. The Morgan fingerprint density at radius 2 is 1.37 bits per heavy atom. The summed E-state index contributed by atoms with van der Waals surface area (Å²) in [5, 5.41) is 9.04. The number of quaternary nitrogens is 1. The molecule has 1 N–H and O–H groups in total. The minimum Gasteiger partial charge on any atom is -0.756 e. The van der Waals surface area contributed by atoms with Crippen molar-refractivity contribution in [1.29, 1.82) is 0 Å². The molecule has 0 heterocycles. The molecule has 0 saturated carbocycles. The Morgan fingerprint density at radius 3 is 1.88 bits per heavy atom. The monoisotopic (exact) mass is 615 g/mol. The number of carboxylic acids is 1. The molecular formula is C29H56NO10P. The molecule has 0 aliphatic rings. The van der Waals surface area contributed by atoms with Crippen molar-refractivity contribution in [1.82, 2.24) is 0 Å². The lowest BCUT2D eigenvalue weighted by molar-refractivity contribution is -0.870. The number of hydrogen-bond donors (Lipinski definition) is 1. The maximum atomic E-state index is 12.7. The number of phosphoric acid groups is 1. The van der Waals surface area contributed by atoms with Crippen molar-refractivity contribution in [2.75, 3.05) is 47.5 Å². The van der Waals surface area contributed by atoms with E-state index in [0.29, 0.717) is 10.9 Å². The normalized spacial score (nSPS) is 17.1. The predicted octanol–water partition coefficient (Wildman–Crippen LogP) is 5.39. The number of likely N-dealkylation sites (N-methyl/N-ethyl adjacent to an activating group) is 1. The van der Waals surface area contributed by atoms with Gasteiger partial charge in [-0.2, -0.15) is 0 Å². The Kier molecular flexibility index (Phi) is 17.3. The van der Waals surface area contributed by atoms with E-state index in [1.807, 2.05) is 0 Å². The van der Waals surface area contributed by atoms with Crippen molar-refractivity contribution in [3.05, 3.63) is 0 Å². The van der Waals surface area contributed by atoms with Gasteiger partial charge in [0, 0.05) is 27.4 Å². The molecule has 242 valence electrons. The summed E-state index contributed by atoms with van der Waals surface area (Å²) in [6.45, 7) is 0.425. The van der Waals surface area contributed by atoms with Gasteiger partial charge in [-0.15, -0.1) is 0 Å². The highest BCUT2D eigenvalue weighted by Crippen LogP contribution is 2.38. The van der Waals surface area contributed by atoms with Crippen LogP contribution in [0.2, 0.25) is 0 Å². The molecule has 0 spiro atoms. The number of aliphatic carboxylic acids is 1. The SMILES string of the molecule is [2H]C([2H])(C(=O)O)C([2H])([2H])C([2H])([2H])C(=O)O[C@H](COC(=O)CCCCCCCCCCCCCCC)COP(=O)([O-])OCC[N+](C)(C)C. The molecule has 0 radical (unpaired) electrons. The standard InChI is InChI=1S/C29H56NO10P/c1-5-6-7-8-9-10-11-12-13-14-15-16-17-20-28(33)37-24-26(40-29(34)21-18-19-27(31)32)25-39-41(35,36)38-23-22-30(2,3)4/h26H,5-25H2,1-4H3,(H-,31,32,35,36)/t26-/m1/s1/i18D2,19D2,21D2. The summed E-state index contributed by atoms with van der Waals surface area (Å²) < 4.78 is 78.1. The Morgan fingerprint density at radius 1 is 0.829 bits per heavy atom. The fourth-order valence-corrected chi connectivity index (χ4v) is 4.34. The summed E-state index contributed by atoms with van der Waals surface area (Å²) in [6.07, 6.45) is 1.02. The fourth-order valence-electron chi connectivity index (χ4n) is 3.62. The van der Waals surface area contributed by atoms with Crippen molar-refractivity contribution in [3.8, 4) is 0 Å². The number of carboxylic acid groups (broad SMARTS) is 1. The van der Waals surface area contributed by atoms with E-state index in [1.54, 1.807) is 21.1 Å². The zero-order chi connectivity index (χ0) is 36.4. The molecule has 1 unspecified atom stereocenters. The molecule has 0 aromatic carbocycles. The number of rotatable bonds is 28. The summed E-state index contributed by atoms with van der Waals surface area (Å²) in [4.78, 5) is 48.5. The van der Waals surface area contributed by atoms with Crippen molar-refractivity contribution in [3.63, 3.8) is 0 Å². The van der Waals surface area contributed by atoms with E-state index in [9.17, 15) is 23.8 Å². The van der Waals surface area contributed by atoms with Crippen LogP contribution in [0.1, 0.15) is 124 Å². The van der Waals surface area contributed by atoms with Crippen molar-refractivity contribution in [2.45, 2.75) is 122 Å². The smallest absolute Gasteiger partial charge is 0.306 e. The zero-order valence-electron chi connectivity index (χ0n) is 31.3. The highest BCUT2D eigenvalue weighted by Gasteiger charge is 2.21. The van der Waals surface area contributed by atoms with Crippen molar-refractivity contribution >= 4 is 25.7 Å². The third-order valence-corrected chi connectivity index (χ3v) is 6.92. The van der Waals surface area contributed by atoms with Crippen LogP contribution in [0.3, 0.4) is 0 Å². The molecular weight excluding hydrogens is 553 g/mol. The predicted molar refractivity (Wildman–Crippen MR) is 155 cm³/mol. The number of esters is 2. The first-order valence-corrected chi connectivity index (χ1v) is 16.1. The van der Waals surface area contributed by atoms with Crippen LogP contribution in [-0.4, -0.2) is 81.1 Å². The van der Waals surface area contributed by atoms with Crippen LogP contribution in [0.5, 0.6) is 0 Å². The largest absolute Gasteiger partial charge is 0.756 e. The topological polar surface area (TPSA) is 148 Å².